The molecule has 0 bridgehead atoms. The molecule has 82 valence electrons. The number of anilines is 1. The molecule has 0 fully saturated rings. The minimum Gasteiger partial charge on any atom is -0.320 e. The Balaban J connectivity index is 2.62. The molecule has 4 nitrogen and oxygen atoms in total. The van der Waals surface area contributed by atoms with Gasteiger partial charge in [0.2, 0.25) is 5.91 Å². The predicted octanol–water partition coefficient (Wildman–Crippen LogP) is 1.77. The third kappa shape index (κ3) is 3.60. The van der Waals surface area contributed by atoms with E-state index in [1.807, 2.05) is 19.9 Å². The maximum absolute atomic E-state index is 11.6. The molecule has 0 aliphatic carbocycles. The quantitative estimate of drug-likeness (QED) is 0.881. The molecule has 0 radical (unpaired) electrons. The number of hydrogen-bond donors (Lipinski definition) is 2. The average molecular weight is 272 g/mol. The van der Waals surface area contributed by atoms with Crippen LogP contribution in [-0.2, 0) is 4.79 Å². The molecule has 0 aliphatic heterocycles. The number of nitrogens with one attached hydrogen (secondary N) is 1. The predicted molar refractivity (Wildman–Crippen MR) is 63.4 cm³/mol. The van der Waals surface area contributed by atoms with Gasteiger partial charge in [-0.15, -0.1) is 0 Å². The van der Waals surface area contributed by atoms with Gasteiger partial charge in [-0.25, -0.2) is 4.98 Å². The van der Waals surface area contributed by atoms with E-state index in [9.17, 15) is 4.79 Å². The standard InChI is InChI=1S/C10H14BrN3O/c1-6(2)9(12)10(15)14-8-4-3-7(11)5-13-8/h3-6,9H,12H2,1-2H3,(H,13,14,15)/t9-/m0/s1. The number of hydrogen-bond acceptors (Lipinski definition) is 3. The van der Waals surface area contributed by atoms with Gasteiger partial charge in [-0.3, -0.25) is 4.79 Å². The highest BCUT2D eigenvalue weighted by atomic mass is 79.9. The molecule has 15 heavy (non-hydrogen) atoms. The lowest BCUT2D eigenvalue weighted by Crippen LogP contribution is -2.39. The lowest BCUT2D eigenvalue weighted by atomic mass is 10.1. The SMILES string of the molecule is CC(C)[C@H](N)C(=O)Nc1ccc(Br)cn1. The Kier molecular flexibility index (Phi) is 4.23. The average Bonchev–Trinajstić information content (AvgIpc) is 2.20. The van der Waals surface area contributed by atoms with Gasteiger partial charge in [-0.2, -0.15) is 0 Å². The molecule has 0 saturated carbocycles. The van der Waals surface area contributed by atoms with Crippen molar-refractivity contribution in [2.45, 2.75) is 19.9 Å². The van der Waals surface area contributed by atoms with Crippen LogP contribution < -0.4 is 11.1 Å². The van der Waals surface area contributed by atoms with Crippen LogP contribution in [0.2, 0.25) is 0 Å². The Bertz CT molecular complexity index is 337. The maximum Gasteiger partial charge on any atom is 0.242 e. The van der Waals surface area contributed by atoms with E-state index in [-0.39, 0.29) is 11.8 Å². The number of nitrogens with zero attached hydrogens (tertiary/aromatic N) is 1. The van der Waals surface area contributed by atoms with Crippen molar-refractivity contribution in [2.75, 3.05) is 5.32 Å². The van der Waals surface area contributed by atoms with Crippen LogP contribution in [0, 0.1) is 5.92 Å². The summed E-state index contributed by atoms with van der Waals surface area (Å²) in [4.78, 5) is 15.6. The lowest BCUT2D eigenvalue weighted by molar-refractivity contribution is -0.118. The van der Waals surface area contributed by atoms with Crippen molar-refractivity contribution in [3.63, 3.8) is 0 Å². The molecule has 0 aliphatic rings. The van der Waals surface area contributed by atoms with Crippen LogP contribution in [0.4, 0.5) is 5.82 Å². The number of pyridine rings is 1. The summed E-state index contributed by atoms with van der Waals surface area (Å²) in [6.07, 6.45) is 1.62. The fourth-order valence-corrected chi connectivity index (χ4v) is 1.20. The number of rotatable bonds is 3. The highest BCUT2D eigenvalue weighted by Crippen LogP contribution is 2.11. The first kappa shape index (κ1) is 12.1. The highest BCUT2D eigenvalue weighted by molar-refractivity contribution is 9.10. The van der Waals surface area contributed by atoms with Gasteiger partial charge in [-0.1, -0.05) is 13.8 Å². The topological polar surface area (TPSA) is 68.0 Å². The van der Waals surface area contributed by atoms with Gasteiger partial charge in [0.1, 0.15) is 5.82 Å². The number of aromatic nitrogens is 1. The van der Waals surface area contributed by atoms with Gasteiger partial charge in [0.15, 0.2) is 0 Å². The summed E-state index contributed by atoms with van der Waals surface area (Å²) in [6, 6.07) is 3.02. The van der Waals surface area contributed by atoms with Crippen molar-refractivity contribution in [3.05, 3.63) is 22.8 Å². The van der Waals surface area contributed by atoms with E-state index in [1.54, 1.807) is 12.3 Å². The zero-order valence-electron chi connectivity index (χ0n) is 8.70. The van der Waals surface area contributed by atoms with Crippen LogP contribution in [-0.4, -0.2) is 16.9 Å². The Morgan fingerprint density at radius 3 is 2.67 bits per heavy atom. The molecule has 1 aromatic heterocycles. The first-order valence-corrected chi connectivity index (χ1v) is 5.48. The Labute approximate surface area is 97.4 Å². The summed E-state index contributed by atoms with van der Waals surface area (Å²) < 4.78 is 0.869. The fraction of sp³-hybridized carbons (Fsp3) is 0.400. The molecular weight excluding hydrogens is 258 g/mol. The molecule has 0 spiro atoms. The molecule has 1 heterocycles. The van der Waals surface area contributed by atoms with Gasteiger partial charge >= 0.3 is 0 Å². The van der Waals surface area contributed by atoms with E-state index in [4.69, 9.17) is 5.73 Å². The normalized spacial score (nSPS) is 12.6. The number of carbonyl (C=O) groups excluding carboxylic acids is 1. The van der Waals surface area contributed by atoms with E-state index in [1.165, 1.54) is 0 Å². The number of amides is 1. The van der Waals surface area contributed by atoms with E-state index in [2.05, 4.69) is 26.2 Å². The van der Waals surface area contributed by atoms with Crippen LogP contribution in [0.5, 0.6) is 0 Å². The summed E-state index contributed by atoms with van der Waals surface area (Å²) in [5, 5.41) is 2.65. The first-order chi connectivity index (χ1) is 7.00. The van der Waals surface area contributed by atoms with Crippen molar-refractivity contribution in [3.8, 4) is 0 Å². The van der Waals surface area contributed by atoms with E-state index >= 15 is 0 Å². The molecule has 1 atom stereocenters. The zero-order chi connectivity index (χ0) is 11.4. The maximum atomic E-state index is 11.6. The number of halogens is 1. The Morgan fingerprint density at radius 1 is 1.53 bits per heavy atom. The monoisotopic (exact) mass is 271 g/mol. The molecule has 1 aromatic rings. The zero-order valence-corrected chi connectivity index (χ0v) is 10.3. The van der Waals surface area contributed by atoms with E-state index in [0.29, 0.717) is 5.82 Å². The smallest absolute Gasteiger partial charge is 0.242 e. The summed E-state index contributed by atoms with van der Waals surface area (Å²) in [7, 11) is 0. The second-order valence-electron chi connectivity index (χ2n) is 3.62. The van der Waals surface area contributed by atoms with Gasteiger partial charge in [0, 0.05) is 10.7 Å². The van der Waals surface area contributed by atoms with Crippen LogP contribution in [0.1, 0.15) is 13.8 Å². The van der Waals surface area contributed by atoms with Crippen molar-refractivity contribution in [1.29, 1.82) is 0 Å². The highest BCUT2D eigenvalue weighted by Gasteiger charge is 2.17. The van der Waals surface area contributed by atoms with Crippen LogP contribution >= 0.6 is 15.9 Å². The summed E-state index contributed by atoms with van der Waals surface area (Å²) >= 11 is 3.26. The lowest BCUT2D eigenvalue weighted by Gasteiger charge is -2.14. The third-order valence-corrected chi connectivity index (χ3v) is 2.47. The fourth-order valence-electron chi connectivity index (χ4n) is 0.962. The third-order valence-electron chi connectivity index (χ3n) is 2.00. The van der Waals surface area contributed by atoms with Crippen LogP contribution in [0.25, 0.3) is 0 Å². The molecule has 3 N–H and O–H groups in total. The molecule has 5 heteroatoms. The van der Waals surface area contributed by atoms with Gasteiger partial charge < -0.3 is 11.1 Å². The summed E-state index contributed by atoms with van der Waals surface area (Å²) in [5.41, 5.74) is 5.69. The molecular formula is C10H14BrN3O. The van der Waals surface area contributed by atoms with Crippen LogP contribution in [0.15, 0.2) is 22.8 Å². The molecule has 1 amide bonds. The molecule has 0 unspecified atom stereocenters. The minimum atomic E-state index is -0.504. The molecule has 0 aromatic carbocycles. The second kappa shape index (κ2) is 5.23. The van der Waals surface area contributed by atoms with Crippen molar-refractivity contribution < 1.29 is 4.79 Å². The number of nitrogens with two attached hydrogens (primary N) is 1. The van der Waals surface area contributed by atoms with Gasteiger partial charge in [0.25, 0.3) is 0 Å². The van der Waals surface area contributed by atoms with E-state index in [0.717, 1.165) is 4.47 Å². The van der Waals surface area contributed by atoms with Gasteiger partial charge in [0.05, 0.1) is 6.04 Å². The van der Waals surface area contributed by atoms with Gasteiger partial charge in [-0.05, 0) is 34.0 Å². The second-order valence-corrected chi connectivity index (χ2v) is 4.54. The van der Waals surface area contributed by atoms with Crippen molar-refractivity contribution in [2.24, 2.45) is 11.7 Å². The summed E-state index contributed by atoms with van der Waals surface area (Å²) in [6.45, 7) is 3.80. The Morgan fingerprint density at radius 2 is 2.20 bits per heavy atom. The molecule has 1 rings (SSSR count). The first-order valence-electron chi connectivity index (χ1n) is 4.68. The van der Waals surface area contributed by atoms with Crippen LogP contribution in [0.3, 0.4) is 0 Å². The largest absolute Gasteiger partial charge is 0.320 e. The van der Waals surface area contributed by atoms with E-state index < -0.39 is 6.04 Å². The number of carbonyl (C=O) groups is 1. The molecule has 0 saturated heterocycles. The van der Waals surface area contributed by atoms with Crippen molar-refractivity contribution >= 4 is 27.7 Å². The minimum absolute atomic E-state index is 0.112. The summed E-state index contributed by atoms with van der Waals surface area (Å²) in [5.74, 6) is 0.416. The Hall–Kier alpha value is -0.940. The van der Waals surface area contributed by atoms with Crippen molar-refractivity contribution in [1.82, 2.24) is 4.98 Å².